The summed E-state index contributed by atoms with van der Waals surface area (Å²) in [5.41, 5.74) is 1.97. The summed E-state index contributed by atoms with van der Waals surface area (Å²) in [6.45, 7) is 17.2. The lowest BCUT2D eigenvalue weighted by Crippen LogP contribution is -2.41. The van der Waals surface area contributed by atoms with Crippen molar-refractivity contribution in [1.29, 1.82) is 0 Å². The van der Waals surface area contributed by atoms with Crippen molar-refractivity contribution in [2.24, 2.45) is 0 Å². The van der Waals surface area contributed by atoms with E-state index in [9.17, 15) is 0 Å². The summed E-state index contributed by atoms with van der Waals surface area (Å²) >= 11 is 0. The Bertz CT molecular complexity index is 593. The van der Waals surface area contributed by atoms with Gasteiger partial charge in [-0.15, -0.1) is 0 Å². The van der Waals surface area contributed by atoms with Crippen LogP contribution in [0.2, 0.25) is 0 Å². The quantitative estimate of drug-likeness (QED) is 0.723. The fourth-order valence-corrected chi connectivity index (χ4v) is 3.12. The largest absolute Gasteiger partial charge is 0.487 e. The SMILES string of the molecule is CC.CC1(C)OB(/C=C/c2cccc(CCN3CCOCC3)c2)OC1(C)C. The average molecular weight is 373 g/mol. The predicted octanol–water partition coefficient (Wildman–Crippen LogP) is 4.23. The van der Waals surface area contributed by atoms with Crippen LogP contribution in [0.1, 0.15) is 52.7 Å². The molecule has 1 aromatic rings. The summed E-state index contributed by atoms with van der Waals surface area (Å²) in [4.78, 5) is 2.47. The van der Waals surface area contributed by atoms with E-state index in [1.54, 1.807) is 0 Å². The second kappa shape index (κ2) is 9.88. The second-order valence-electron chi connectivity index (χ2n) is 7.93. The molecule has 2 aliphatic rings. The summed E-state index contributed by atoms with van der Waals surface area (Å²) < 4.78 is 17.4. The first-order valence-electron chi connectivity index (χ1n) is 10.3. The zero-order chi connectivity index (χ0) is 19.9. The van der Waals surface area contributed by atoms with Crippen LogP contribution in [0.25, 0.3) is 6.08 Å². The molecule has 2 saturated heterocycles. The smallest absolute Gasteiger partial charge is 0.400 e. The number of morpholine rings is 1. The molecule has 0 spiro atoms. The molecule has 2 aliphatic heterocycles. The third-order valence-electron chi connectivity index (χ3n) is 5.49. The molecule has 1 aromatic carbocycles. The topological polar surface area (TPSA) is 30.9 Å². The Hall–Kier alpha value is -1.14. The van der Waals surface area contributed by atoms with Crippen LogP contribution < -0.4 is 0 Å². The minimum absolute atomic E-state index is 0.290. The molecule has 0 N–H and O–H groups in total. The summed E-state index contributed by atoms with van der Waals surface area (Å²) in [6.07, 6.45) is 3.17. The van der Waals surface area contributed by atoms with Gasteiger partial charge in [0.05, 0.1) is 24.4 Å². The zero-order valence-electron chi connectivity index (χ0n) is 18.0. The van der Waals surface area contributed by atoms with E-state index < -0.39 is 0 Å². The van der Waals surface area contributed by atoms with Crippen LogP contribution in [0, 0.1) is 0 Å². The number of hydrogen-bond donors (Lipinski definition) is 0. The molecule has 27 heavy (non-hydrogen) atoms. The van der Waals surface area contributed by atoms with Gasteiger partial charge in [-0.1, -0.05) is 50.2 Å². The molecule has 0 aliphatic carbocycles. The number of nitrogens with zero attached hydrogens (tertiary/aromatic N) is 1. The third kappa shape index (κ3) is 6.18. The third-order valence-corrected chi connectivity index (χ3v) is 5.49. The van der Waals surface area contributed by atoms with Gasteiger partial charge in [0.25, 0.3) is 0 Å². The van der Waals surface area contributed by atoms with Crippen molar-refractivity contribution in [1.82, 2.24) is 4.90 Å². The van der Waals surface area contributed by atoms with Gasteiger partial charge in [-0.3, -0.25) is 4.90 Å². The first kappa shape index (κ1) is 22.2. The standard InChI is InChI=1S/C20H30BNO3.C2H6/c1-19(2)20(3,4)25-21(24-19)10-8-17-6-5-7-18(16-17)9-11-22-12-14-23-15-13-22;1-2/h5-8,10,16H,9,11-15H2,1-4H3;1-2H3/b10-8+;. The Morgan fingerprint density at radius 1 is 1.04 bits per heavy atom. The monoisotopic (exact) mass is 373 g/mol. The Balaban J connectivity index is 0.00000126. The Morgan fingerprint density at radius 3 is 2.30 bits per heavy atom. The van der Waals surface area contributed by atoms with Gasteiger partial charge in [0.1, 0.15) is 0 Å². The van der Waals surface area contributed by atoms with E-state index in [0.29, 0.717) is 0 Å². The molecule has 2 fully saturated rings. The fourth-order valence-electron chi connectivity index (χ4n) is 3.12. The van der Waals surface area contributed by atoms with Gasteiger partial charge >= 0.3 is 7.12 Å². The summed E-state index contributed by atoms with van der Waals surface area (Å²) in [5, 5.41) is 0. The molecule has 5 heteroatoms. The van der Waals surface area contributed by atoms with Crippen molar-refractivity contribution in [3.05, 3.63) is 41.4 Å². The van der Waals surface area contributed by atoms with Crippen molar-refractivity contribution in [3.63, 3.8) is 0 Å². The van der Waals surface area contributed by atoms with Gasteiger partial charge in [-0.05, 0) is 45.2 Å². The van der Waals surface area contributed by atoms with Crippen LogP contribution in [0.4, 0.5) is 0 Å². The van der Waals surface area contributed by atoms with E-state index in [1.165, 1.54) is 11.1 Å². The number of ether oxygens (including phenoxy) is 1. The lowest BCUT2D eigenvalue weighted by Gasteiger charge is -2.32. The maximum atomic E-state index is 6.02. The highest BCUT2D eigenvalue weighted by atomic mass is 16.7. The van der Waals surface area contributed by atoms with E-state index in [1.807, 2.05) is 19.8 Å². The molecule has 0 unspecified atom stereocenters. The van der Waals surface area contributed by atoms with Crippen molar-refractivity contribution in [2.75, 3.05) is 32.8 Å². The van der Waals surface area contributed by atoms with Gasteiger partial charge in [-0.25, -0.2) is 0 Å². The summed E-state index contributed by atoms with van der Waals surface area (Å²) in [6, 6.07) is 8.70. The number of rotatable bonds is 5. The van der Waals surface area contributed by atoms with Crippen molar-refractivity contribution >= 4 is 13.2 Å². The molecular weight excluding hydrogens is 337 g/mol. The predicted molar refractivity (Wildman–Crippen MR) is 114 cm³/mol. The number of benzene rings is 1. The van der Waals surface area contributed by atoms with Gasteiger partial charge in [0, 0.05) is 19.6 Å². The van der Waals surface area contributed by atoms with Gasteiger partial charge < -0.3 is 14.0 Å². The van der Waals surface area contributed by atoms with Crippen molar-refractivity contribution < 1.29 is 14.0 Å². The minimum atomic E-state index is -0.290. The van der Waals surface area contributed by atoms with E-state index in [-0.39, 0.29) is 18.3 Å². The van der Waals surface area contributed by atoms with Crippen LogP contribution in [0.5, 0.6) is 0 Å². The van der Waals surface area contributed by atoms with Gasteiger partial charge in [0.2, 0.25) is 0 Å². The molecule has 0 amide bonds. The van der Waals surface area contributed by atoms with E-state index in [2.05, 4.69) is 62.9 Å². The lowest BCUT2D eigenvalue weighted by molar-refractivity contribution is 0.00578. The molecule has 2 heterocycles. The zero-order valence-corrected chi connectivity index (χ0v) is 18.0. The maximum Gasteiger partial charge on any atom is 0.487 e. The van der Waals surface area contributed by atoms with Gasteiger partial charge in [-0.2, -0.15) is 0 Å². The Kier molecular flexibility index (Phi) is 8.11. The molecular formula is C22H36BNO3. The molecule has 150 valence electrons. The first-order valence-corrected chi connectivity index (χ1v) is 10.3. The molecule has 0 saturated carbocycles. The second-order valence-corrected chi connectivity index (χ2v) is 7.93. The van der Waals surface area contributed by atoms with E-state index >= 15 is 0 Å². The molecule has 3 rings (SSSR count). The Morgan fingerprint density at radius 2 is 1.67 bits per heavy atom. The first-order chi connectivity index (χ1) is 12.9. The van der Waals surface area contributed by atoms with Crippen molar-refractivity contribution in [3.8, 4) is 0 Å². The molecule has 0 bridgehead atoms. The summed E-state index contributed by atoms with van der Waals surface area (Å²) in [7, 11) is -0.290. The highest BCUT2D eigenvalue weighted by Crippen LogP contribution is 2.37. The van der Waals surface area contributed by atoms with E-state index in [0.717, 1.165) is 39.3 Å². The highest BCUT2D eigenvalue weighted by Gasteiger charge is 2.49. The Labute approximate surface area is 166 Å². The van der Waals surface area contributed by atoms with Crippen LogP contribution in [-0.4, -0.2) is 56.1 Å². The fraction of sp³-hybridized carbons (Fsp3) is 0.636. The molecule has 4 nitrogen and oxygen atoms in total. The lowest BCUT2D eigenvalue weighted by atomic mass is 9.89. The van der Waals surface area contributed by atoms with Gasteiger partial charge in [0.15, 0.2) is 0 Å². The minimum Gasteiger partial charge on any atom is -0.400 e. The molecule has 0 aromatic heterocycles. The normalized spacial score (nSPS) is 21.9. The van der Waals surface area contributed by atoms with Crippen LogP contribution >= 0.6 is 0 Å². The summed E-state index contributed by atoms with van der Waals surface area (Å²) in [5.74, 6) is 2.01. The molecule has 0 radical (unpaired) electrons. The molecule has 0 atom stereocenters. The van der Waals surface area contributed by atoms with Crippen molar-refractivity contribution in [2.45, 2.75) is 59.2 Å². The van der Waals surface area contributed by atoms with Crippen LogP contribution in [-0.2, 0) is 20.5 Å². The van der Waals surface area contributed by atoms with Crippen LogP contribution in [0.15, 0.2) is 30.2 Å². The number of hydrogen-bond acceptors (Lipinski definition) is 4. The van der Waals surface area contributed by atoms with Crippen LogP contribution in [0.3, 0.4) is 0 Å². The average Bonchev–Trinajstić information content (AvgIpc) is 2.88. The maximum absolute atomic E-state index is 6.02. The highest BCUT2D eigenvalue weighted by molar-refractivity contribution is 6.52. The van der Waals surface area contributed by atoms with E-state index in [4.69, 9.17) is 14.0 Å².